The highest BCUT2D eigenvalue weighted by Crippen LogP contribution is 2.55. The highest BCUT2D eigenvalue weighted by atomic mass is 15.2. The third-order valence-corrected chi connectivity index (χ3v) is 14.8. The highest BCUT2D eigenvalue weighted by molar-refractivity contribution is 6.22. The van der Waals surface area contributed by atoms with Crippen LogP contribution in [0.4, 0.5) is 22.7 Å². The van der Waals surface area contributed by atoms with Gasteiger partial charge in [0.05, 0.1) is 5.69 Å². The van der Waals surface area contributed by atoms with Crippen molar-refractivity contribution in [1.82, 2.24) is 0 Å². The van der Waals surface area contributed by atoms with Crippen molar-refractivity contribution in [3.05, 3.63) is 228 Å². The number of rotatable bonds is 5. The van der Waals surface area contributed by atoms with Crippen LogP contribution in [0.25, 0.3) is 54.9 Å². The predicted octanol–water partition coefficient (Wildman–Crippen LogP) is 17.1. The molecular weight excluding hydrogens is 773 g/mol. The Bertz CT molecular complexity index is 3300. The quantitative estimate of drug-likeness (QED) is 0.160. The number of nitrogens with zero attached hydrogens (tertiary/aromatic N) is 2. The molecule has 2 aliphatic heterocycles. The number of hydrogen-bond donors (Lipinski definition) is 0. The number of hydrogen-bond acceptors (Lipinski definition) is 2. The van der Waals surface area contributed by atoms with Crippen molar-refractivity contribution >= 4 is 44.3 Å². The molecule has 0 saturated heterocycles. The molecule has 0 bridgehead atoms. The topological polar surface area (TPSA) is 6.48 Å². The first kappa shape index (κ1) is 38.5. The molecule has 8 aromatic carbocycles. The van der Waals surface area contributed by atoms with Crippen molar-refractivity contribution in [2.75, 3.05) is 9.80 Å². The van der Waals surface area contributed by atoms with Crippen LogP contribution in [0.3, 0.4) is 0 Å². The van der Waals surface area contributed by atoms with Gasteiger partial charge in [0.2, 0.25) is 0 Å². The molecule has 12 rings (SSSR count). The first-order valence-electron chi connectivity index (χ1n) is 23.1. The van der Waals surface area contributed by atoms with Crippen LogP contribution in [-0.2, 0) is 10.8 Å². The lowest BCUT2D eigenvalue weighted by molar-refractivity contribution is 0.571. The van der Waals surface area contributed by atoms with E-state index in [0.717, 1.165) is 25.7 Å². The van der Waals surface area contributed by atoms with Gasteiger partial charge in [-0.1, -0.05) is 179 Å². The van der Waals surface area contributed by atoms with E-state index < -0.39 is 0 Å². The van der Waals surface area contributed by atoms with E-state index in [1.54, 1.807) is 0 Å². The van der Waals surface area contributed by atoms with Crippen LogP contribution in [0.1, 0.15) is 64.5 Å². The summed E-state index contributed by atoms with van der Waals surface area (Å²) in [7, 11) is 0. The zero-order chi connectivity index (χ0) is 43.2. The van der Waals surface area contributed by atoms with Gasteiger partial charge in [-0.2, -0.15) is 0 Å². The number of anilines is 4. The predicted molar refractivity (Wildman–Crippen MR) is 272 cm³/mol. The SMILES string of the molecule is CC1(C)C2=C(CCC=C2)N(c2ccc3c(-c4ccccc4)c4cc(N5C6=C(CCC=C6)C(C)(C)c6ccccc65)ccc4c(-c4ccc(-c5ccccc5)cc4)c3c2)c2ccccc21. The Labute approximate surface area is 377 Å². The molecule has 2 nitrogen and oxygen atoms in total. The molecule has 0 aromatic heterocycles. The molecule has 2 aliphatic carbocycles. The molecule has 0 N–H and O–H groups in total. The molecule has 310 valence electrons. The lowest BCUT2D eigenvalue weighted by Crippen LogP contribution is -2.34. The number of para-hydroxylation sites is 2. The maximum Gasteiger partial charge on any atom is 0.0502 e. The smallest absolute Gasteiger partial charge is 0.0502 e. The first-order valence-corrected chi connectivity index (χ1v) is 23.1. The summed E-state index contributed by atoms with van der Waals surface area (Å²) in [5, 5.41) is 5.01. The summed E-state index contributed by atoms with van der Waals surface area (Å²) in [6, 6.07) is 63.8. The Balaban J connectivity index is 1.16. The second-order valence-electron chi connectivity index (χ2n) is 19.1. The van der Waals surface area contributed by atoms with Crippen molar-refractivity contribution in [3.8, 4) is 33.4 Å². The maximum absolute atomic E-state index is 2.58. The lowest BCUT2D eigenvalue weighted by Gasteiger charge is -2.44. The minimum absolute atomic E-state index is 0.0540. The average molecular weight is 825 g/mol. The second-order valence-corrected chi connectivity index (χ2v) is 19.1. The molecule has 0 spiro atoms. The summed E-state index contributed by atoms with van der Waals surface area (Å²) in [6.45, 7) is 9.60. The van der Waals surface area contributed by atoms with Crippen LogP contribution < -0.4 is 9.80 Å². The maximum atomic E-state index is 2.58. The molecule has 0 amide bonds. The largest absolute Gasteiger partial charge is 0.314 e. The first-order chi connectivity index (χ1) is 31.3. The summed E-state index contributed by atoms with van der Waals surface area (Å²) in [6.07, 6.45) is 13.7. The van der Waals surface area contributed by atoms with Gasteiger partial charge in [-0.05, 0) is 145 Å². The zero-order valence-corrected chi connectivity index (χ0v) is 37.2. The molecule has 4 aliphatic rings. The summed E-state index contributed by atoms with van der Waals surface area (Å²) < 4.78 is 0. The Morgan fingerprint density at radius 2 is 0.891 bits per heavy atom. The lowest BCUT2D eigenvalue weighted by atomic mass is 9.70. The van der Waals surface area contributed by atoms with Crippen molar-refractivity contribution in [2.24, 2.45) is 0 Å². The van der Waals surface area contributed by atoms with Crippen LogP contribution in [-0.4, -0.2) is 0 Å². The third kappa shape index (κ3) is 5.85. The van der Waals surface area contributed by atoms with E-state index in [9.17, 15) is 0 Å². The molecule has 0 atom stereocenters. The van der Waals surface area contributed by atoms with Gasteiger partial charge in [0, 0.05) is 39.3 Å². The standard InChI is InChI=1S/C62H52N2/c1-61(2)51-23-11-15-27-55(51)63(56-28-16-12-24-52(56)61)45-36-38-48-49(39-45)59(43-21-9-6-10-22-43)47-37-35-46(40-50(47)60(48)44-33-31-42(32-34-44)41-19-7-5-8-20-41)64-57-29-17-13-25-53(57)62(3,4)54-26-14-18-30-58(54)64/h5-11,13-17,19-23,25-29,31-40H,12,18,24,30H2,1-4H3. The molecule has 2 heteroatoms. The van der Waals surface area contributed by atoms with Crippen LogP contribution in [0.5, 0.6) is 0 Å². The van der Waals surface area contributed by atoms with Crippen LogP contribution in [0.15, 0.2) is 217 Å². The van der Waals surface area contributed by atoms with Gasteiger partial charge in [0.1, 0.15) is 0 Å². The Morgan fingerprint density at radius 1 is 0.406 bits per heavy atom. The minimum atomic E-state index is -0.0922. The van der Waals surface area contributed by atoms with Gasteiger partial charge >= 0.3 is 0 Å². The van der Waals surface area contributed by atoms with E-state index in [1.165, 1.54) is 111 Å². The molecule has 0 radical (unpaired) electrons. The molecule has 64 heavy (non-hydrogen) atoms. The van der Waals surface area contributed by atoms with E-state index in [0.29, 0.717) is 0 Å². The van der Waals surface area contributed by atoms with E-state index in [-0.39, 0.29) is 10.8 Å². The van der Waals surface area contributed by atoms with Gasteiger partial charge in [0.25, 0.3) is 0 Å². The van der Waals surface area contributed by atoms with Crippen molar-refractivity contribution in [1.29, 1.82) is 0 Å². The minimum Gasteiger partial charge on any atom is -0.314 e. The molecule has 2 heterocycles. The molecule has 0 fully saturated rings. The monoisotopic (exact) mass is 824 g/mol. The average Bonchev–Trinajstić information content (AvgIpc) is 3.34. The Kier molecular flexibility index (Phi) is 8.85. The van der Waals surface area contributed by atoms with Gasteiger partial charge in [0.15, 0.2) is 0 Å². The van der Waals surface area contributed by atoms with Gasteiger partial charge < -0.3 is 9.80 Å². The van der Waals surface area contributed by atoms with Gasteiger partial charge in [-0.15, -0.1) is 0 Å². The van der Waals surface area contributed by atoms with Crippen molar-refractivity contribution in [2.45, 2.75) is 64.2 Å². The summed E-state index contributed by atoms with van der Waals surface area (Å²) in [5.41, 5.74) is 20.6. The van der Waals surface area contributed by atoms with Gasteiger partial charge in [-0.3, -0.25) is 0 Å². The third-order valence-electron chi connectivity index (χ3n) is 14.8. The van der Waals surface area contributed by atoms with Crippen LogP contribution in [0.2, 0.25) is 0 Å². The fourth-order valence-corrected chi connectivity index (χ4v) is 11.7. The molecule has 0 unspecified atom stereocenters. The summed E-state index contributed by atoms with van der Waals surface area (Å²) in [5.74, 6) is 0. The normalized spacial score (nSPS) is 17.1. The Morgan fingerprint density at radius 3 is 1.55 bits per heavy atom. The number of fused-ring (bicyclic) bond motifs is 4. The fourth-order valence-electron chi connectivity index (χ4n) is 11.7. The number of benzene rings is 8. The summed E-state index contributed by atoms with van der Waals surface area (Å²) in [4.78, 5) is 5.12. The second kappa shape index (κ2) is 14.7. The van der Waals surface area contributed by atoms with Crippen molar-refractivity contribution < 1.29 is 0 Å². The van der Waals surface area contributed by atoms with E-state index >= 15 is 0 Å². The van der Waals surface area contributed by atoms with Crippen LogP contribution in [0, 0.1) is 0 Å². The Hall–Kier alpha value is -7.16. The van der Waals surface area contributed by atoms with E-state index in [2.05, 4.69) is 232 Å². The van der Waals surface area contributed by atoms with Crippen molar-refractivity contribution in [3.63, 3.8) is 0 Å². The molecular formula is C62H52N2. The highest BCUT2D eigenvalue weighted by Gasteiger charge is 2.40. The fraction of sp³-hybridized carbons (Fsp3) is 0.161. The molecule has 8 aromatic rings. The van der Waals surface area contributed by atoms with Crippen LogP contribution >= 0.6 is 0 Å². The molecule has 0 saturated carbocycles. The van der Waals surface area contributed by atoms with Gasteiger partial charge in [-0.25, -0.2) is 0 Å². The number of allylic oxidation sites excluding steroid dienone is 7. The van der Waals surface area contributed by atoms with E-state index in [4.69, 9.17) is 0 Å². The zero-order valence-electron chi connectivity index (χ0n) is 37.2. The van der Waals surface area contributed by atoms with E-state index in [1.807, 2.05) is 0 Å². The summed E-state index contributed by atoms with van der Waals surface area (Å²) >= 11 is 0.